The zero-order valence-electron chi connectivity index (χ0n) is 11.1. The third-order valence-electron chi connectivity index (χ3n) is 3.11. The molecule has 3 aromatic rings. The molecular formula is C15H12N2O4. The van der Waals surface area contributed by atoms with Crippen LogP contribution in [0.25, 0.3) is 17.1 Å². The SMILES string of the molecule is Cc1ccc(-n2ncc(C(=O)O)c2-c2ccco2)c(O)c1. The van der Waals surface area contributed by atoms with Gasteiger partial charge in [-0.25, -0.2) is 9.48 Å². The molecule has 0 aliphatic carbocycles. The Hall–Kier alpha value is -3.02. The minimum absolute atomic E-state index is 0.00456. The Morgan fingerprint density at radius 3 is 2.76 bits per heavy atom. The van der Waals surface area contributed by atoms with Crippen LogP contribution in [-0.2, 0) is 0 Å². The summed E-state index contributed by atoms with van der Waals surface area (Å²) >= 11 is 0. The first-order chi connectivity index (χ1) is 10.1. The number of phenols is 1. The van der Waals surface area contributed by atoms with E-state index in [2.05, 4.69) is 5.10 Å². The van der Waals surface area contributed by atoms with E-state index in [1.807, 2.05) is 13.0 Å². The van der Waals surface area contributed by atoms with Gasteiger partial charge in [-0.15, -0.1) is 0 Å². The number of carboxylic acid groups (broad SMARTS) is 1. The molecule has 2 N–H and O–H groups in total. The lowest BCUT2D eigenvalue weighted by molar-refractivity contribution is 0.0697. The van der Waals surface area contributed by atoms with Gasteiger partial charge in [0.1, 0.15) is 22.7 Å². The summed E-state index contributed by atoms with van der Waals surface area (Å²) in [7, 11) is 0. The standard InChI is InChI=1S/C15H12N2O4/c1-9-4-5-11(12(18)7-9)17-14(13-3-2-6-21-13)10(8-16-17)15(19)20/h2-8,18H,1H3,(H,19,20). The van der Waals surface area contributed by atoms with Crippen molar-refractivity contribution in [2.45, 2.75) is 6.92 Å². The van der Waals surface area contributed by atoms with Crippen LogP contribution in [0.4, 0.5) is 0 Å². The van der Waals surface area contributed by atoms with Gasteiger partial charge in [-0.3, -0.25) is 0 Å². The first kappa shape index (κ1) is 13.0. The Labute approximate surface area is 119 Å². The van der Waals surface area contributed by atoms with Crippen molar-refractivity contribution in [1.82, 2.24) is 9.78 Å². The van der Waals surface area contributed by atoms with Gasteiger partial charge in [0.25, 0.3) is 0 Å². The smallest absolute Gasteiger partial charge is 0.339 e. The van der Waals surface area contributed by atoms with Crippen molar-refractivity contribution in [1.29, 1.82) is 0 Å². The predicted octanol–water partition coefficient (Wildman–Crippen LogP) is 2.84. The number of rotatable bonds is 3. The Bertz CT molecular complexity index is 803. The fourth-order valence-corrected chi connectivity index (χ4v) is 2.15. The van der Waals surface area contributed by atoms with Crippen molar-refractivity contribution in [3.05, 3.63) is 53.9 Å². The van der Waals surface area contributed by atoms with Crippen LogP contribution in [0, 0.1) is 6.92 Å². The summed E-state index contributed by atoms with van der Waals surface area (Å²) in [6.07, 6.45) is 2.69. The molecule has 0 amide bonds. The molecule has 6 heteroatoms. The highest BCUT2D eigenvalue weighted by Gasteiger charge is 2.22. The number of benzene rings is 1. The molecule has 0 saturated heterocycles. The topological polar surface area (TPSA) is 88.5 Å². The molecule has 0 bridgehead atoms. The van der Waals surface area contributed by atoms with E-state index in [0.29, 0.717) is 11.4 Å². The molecule has 6 nitrogen and oxygen atoms in total. The van der Waals surface area contributed by atoms with Crippen molar-refractivity contribution < 1.29 is 19.4 Å². The summed E-state index contributed by atoms with van der Waals surface area (Å²) < 4.78 is 6.65. The van der Waals surface area contributed by atoms with Gasteiger partial charge in [0, 0.05) is 0 Å². The van der Waals surface area contributed by atoms with E-state index in [1.165, 1.54) is 17.1 Å². The Kier molecular flexibility index (Phi) is 2.98. The minimum Gasteiger partial charge on any atom is -0.506 e. The van der Waals surface area contributed by atoms with Crippen LogP contribution < -0.4 is 0 Å². The summed E-state index contributed by atoms with van der Waals surface area (Å²) in [6.45, 7) is 1.85. The number of phenolic OH excluding ortho intramolecular Hbond substituents is 1. The van der Waals surface area contributed by atoms with Crippen LogP contribution in [0.15, 0.2) is 47.2 Å². The van der Waals surface area contributed by atoms with Crippen LogP contribution in [0.1, 0.15) is 15.9 Å². The maximum absolute atomic E-state index is 11.3. The van der Waals surface area contributed by atoms with Gasteiger partial charge < -0.3 is 14.6 Å². The number of carbonyl (C=O) groups is 1. The molecule has 0 radical (unpaired) electrons. The number of hydrogen-bond donors (Lipinski definition) is 2. The third-order valence-corrected chi connectivity index (χ3v) is 3.11. The molecule has 0 aliphatic rings. The van der Waals surface area contributed by atoms with Crippen molar-refractivity contribution in [3.63, 3.8) is 0 Å². The van der Waals surface area contributed by atoms with E-state index < -0.39 is 5.97 Å². The average Bonchev–Trinajstić information content (AvgIpc) is 3.06. The summed E-state index contributed by atoms with van der Waals surface area (Å²) in [5.41, 5.74) is 1.57. The Morgan fingerprint density at radius 1 is 1.33 bits per heavy atom. The van der Waals surface area contributed by atoms with Crippen molar-refractivity contribution in [2.24, 2.45) is 0 Å². The molecule has 0 atom stereocenters. The number of aromatic carboxylic acids is 1. The van der Waals surface area contributed by atoms with Gasteiger partial charge in [0.2, 0.25) is 0 Å². The zero-order chi connectivity index (χ0) is 15.0. The molecule has 2 aromatic heterocycles. The fourth-order valence-electron chi connectivity index (χ4n) is 2.15. The number of furan rings is 1. The normalized spacial score (nSPS) is 10.7. The second-order valence-electron chi connectivity index (χ2n) is 4.59. The molecule has 0 saturated carbocycles. The van der Waals surface area contributed by atoms with Crippen LogP contribution in [0.2, 0.25) is 0 Å². The Morgan fingerprint density at radius 2 is 2.14 bits per heavy atom. The summed E-state index contributed by atoms with van der Waals surface area (Å²) in [6, 6.07) is 8.38. The molecule has 0 spiro atoms. The van der Waals surface area contributed by atoms with E-state index in [-0.39, 0.29) is 17.0 Å². The minimum atomic E-state index is -1.11. The van der Waals surface area contributed by atoms with Crippen molar-refractivity contribution in [2.75, 3.05) is 0 Å². The maximum atomic E-state index is 11.3. The van der Waals surface area contributed by atoms with Crippen molar-refractivity contribution in [3.8, 4) is 22.9 Å². The largest absolute Gasteiger partial charge is 0.506 e. The fraction of sp³-hybridized carbons (Fsp3) is 0.0667. The summed E-state index contributed by atoms with van der Waals surface area (Å²) in [5, 5.41) is 23.4. The predicted molar refractivity (Wildman–Crippen MR) is 74.6 cm³/mol. The molecular weight excluding hydrogens is 272 g/mol. The summed E-state index contributed by atoms with van der Waals surface area (Å²) in [4.78, 5) is 11.3. The maximum Gasteiger partial charge on any atom is 0.339 e. The number of aromatic nitrogens is 2. The van der Waals surface area contributed by atoms with Crippen LogP contribution in [-0.4, -0.2) is 26.0 Å². The van der Waals surface area contributed by atoms with Crippen molar-refractivity contribution >= 4 is 5.97 Å². The van der Waals surface area contributed by atoms with Gasteiger partial charge in [-0.2, -0.15) is 5.10 Å². The number of carboxylic acids is 1. The van der Waals surface area contributed by atoms with E-state index in [0.717, 1.165) is 5.56 Å². The van der Waals surface area contributed by atoms with Gasteiger partial charge in [-0.05, 0) is 36.8 Å². The number of aromatic hydroxyl groups is 1. The van der Waals surface area contributed by atoms with E-state index in [4.69, 9.17) is 4.42 Å². The summed E-state index contributed by atoms with van der Waals surface area (Å²) in [5.74, 6) is -0.730. The highest BCUT2D eigenvalue weighted by atomic mass is 16.4. The quantitative estimate of drug-likeness (QED) is 0.772. The molecule has 2 heterocycles. The Balaban J connectivity index is 2.26. The van der Waals surface area contributed by atoms with E-state index >= 15 is 0 Å². The van der Waals surface area contributed by atoms with Crippen LogP contribution in [0.5, 0.6) is 5.75 Å². The monoisotopic (exact) mass is 284 g/mol. The second-order valence-corrected chi connectivity index (χ2v) is 4.59. The highest BCUT2D eigenvalue weighted by Crippen LogP contribution is 2.31. The van der Waals surface area contributed by atoms with Gasteiger partial charge >= 0.3 is 5.97 Å². The zero-order valence-corrected chi connectivity index (χ0v) is 11.1. The lowest BCUT2D eigenvalue weighted by atomic mass is 10.1. The molecule has 3 rings (SSSR count). The third kappa shape index (κ3) is 2.16. The first-order valence-electron chi connectivity index (χ1n) is 6.23. The molecule has 106 valence electrons. The van der Waals surface area contributed by atoms with Crippen LogP contribution >= 0.6 is 0 Å². The van der Waals surface area contributed by atoms with Crippen LogP contribution in [0.3, 0.4) is 0 Å². The molecule has 1 aromatic carbocycles. The number of hydrogen-bond acceptors (Lipinski definition) is 4. The molecule has 21 heavy (non-hydrogen) atoms. The lowest BCUT2D eigenvalue weighted by Crippen LogP contribution is -2.02. The van der Waals surface area contributed by atoms with Gasteiger partial charge in [-0.1, -0.05) is 6.07 Å². The lowest BCUT2D eigenvalue weighted by Gasteiger charge is -2.09. The van der Waals surface area contributed by atoms with E-state index in [9.17, 15) is 15.0 Å². The molecule has 0 aliphatic heterocycles. The van der Waals surface area contributed by atoms with E-state index in [1.54, 1.807) is 24.3 Å². The number of nitrogens with zero attached hydrogens (tertiary/aromatic N) is 2. The molecule has 0 unspecified atom stereocenters. The second kappa shape index (κ2) is 4.82. The molecule has 0 fully saturated rings. The average molecular weight is 284 g/mol. The van der Waals surface area contributed by atoms with Gasteiger partial charge in [0.05, 0.1) is 12.5 Å². The number of aryl methyl sites for hydroxylation is 1. The highest BCUT2D eigenvalue weighted by molar-refractivity contribution is 5.94. The first-order valence-corrected chi connectivity index (χ1v) is 6.23. The van der Waals surface area contributed by atoms with Gasteiger partial charge in [0.15, 0.2) is 5.76 Å².